The minimum atomic E-state index is -0.143. The van der Waals surface area contributed by atoms with Crippen LogP contribution in [0.2, 0.25) is 0 Å². The summed E-state index contributed by atoms with van der Waals surface area (Å²) in [5.74, 6) is 0.872. The summed E-state index contributed by atoms with van der Waals surface area (Å²) in [5.41, 5.74) is 1.22. The SMILES string of the molecule is Cc1ccc(S[C@H](C)C(=O)NCCOc2cccc3ccccc23)cc1. The Bertz CT molecular complexity index is 871. The van der Waals surface area contributed by atoms with E-state index in [1.54, 1.807) is 11.8 Å². The van der Waals surface area contributed by atoms with Crippen LogP contribution >= 0.6 is 11.8 Å². The average Bonchev–Trinajstić information content (AvgIpc) is 2.67. The first-order chi connectivity index (χ1) is 12.6. The molecule has 3 aromatic rings. The molecule has 0 saturated heterocycles. The number of hydrogen-bond acceptors (Lipinski definition) is 3. The fraction of sp³-hybridized carbons (Fsp3) is 0.227. The zero-order valence-corrected chi connectivity index (χ0v) is 15.9. The third-order valence-electron chi connectivity index (χ3n) is 4.11. The van der Waals surface area contributed by atoms with Crippen LogP contribution in [0, 0.1) is 6.92 Å². The van der Waals surface area contributed by atoms with E-state index in [-0.39, 0.29) is 11.2 Å². The van der Waals surface area contributed by atoms with Crippen molar-refractivity contribution in [3.8, 4) is 5.75 Å². The number of rotatable bonds is 7. The molecule has 1 atom stereocenters. The van der Waals surface area contributed by atoms with Crippen LogP contribution in [0.4, 0.5) is 0 Å². The van der Waals surface area contributed by atoms with Crippen LogP contribution in [0.3, 0.4) is 0 Å². The average molecular weight is 365 g/mol. The first-order valence-electron chi connectivity index (χ1n) is 8.75. The monoisotopic (exact) mass is 365 g/mol. The fourth-order valence-electron chi connectivity index (χ4n) is 2.67. The second-order valence-electron chi connectivity index (χ2n) is 6.19. The molecule has 0 aliphatic heterocycles. The van der Waals surface area contributed by atoms with Gasteiger partial charge in [-0.15, -0.1) is 11.8 Å². The number of fused-ring (bicyclic) bond motifs is 1. The third-order valence-corrected chi connectivity index (χ3v) is 5.22. The molecule has 0 bridgehead atoms. The van der Waals surface area contributed by atoms with E-state index >= 15 is 0 Å². The Hall–Kier alpha value is -2.46. The standard InChI is InChI=1S/C22H23NO2S/c1-16-10-12-19(13-11-16)26-17(2)22(24)23-14-15-25-21-9-5-7-18-6-3-4-8-20(18)21/h3-13,17H,14-15H2,1-2H3,(H,23,24)/t17-/m1/s1. The van der Waals surface area contributed by atoms with Crippen LogP contribution in [0.25, 0.3) is 10.8 Å². The molecule has 3 rings (SSSR count). The van der Waals surface area contributed by atoms with Crippen molar-refractivity contribution in [2.45, 2.75) is 24.0 Å². The Kier molecular flexibility index (Phi) is 6.18. The Balaban J connectivity index is 1.46. The predicted octanol–water partition coefficient (Wildman–Crippen LogP) is 4.82. The summed E-state index contributed by atoms with van der Waals surface area (Å²) in [7, 11) is 0. The van der Waals surface area contributed by atoms with E-state index in [4.69, 9.17) is 4.74 Å². The van der Waals surface area contributed by atoms with Crippen LogP contribution in [-0.4, -0.2) is 24.3 Å². The van der Waals surface area contributed by atoms with Crippen LogP contribution in [-0.2, 0) is 4.79 Å². The van der Waals surface area contributed by atoms with Crippen molar-refractivity contribution in [1.82, 2.24) is 5.32 Å². The highest BCUT2D eigenvalue weighted by atomic mass is 32.2. The normalized spacial score (nSPS) is 11.9. The van der Waals surface area contributed by atoms with Crippen molar-refractivity contribution in [2.75, 3.05) is 13.2 Å². The molecule has 0 fully saturated rings. The molecule has 1 N–H and O–H groups in total. The van der Waals surface area contributed by atoms with E-state index in [0.29, 0.717) is 13.2 Å². The highest BCUT2D eigenvalue weighted by molar-refractivity contribution is 8.00. The quantitative estimate of drug-likeness (QED) is 0.482. The van der Waals surface area contributed by atoms with Gasteiger partial charge in [0.25, 0.3) is 0 Å². The highest BCUT2D eigenvalue weighted by Gasteiger charge is 2.13. The van der Waals surface area contributed by atoms with Crippen LogP contribution in [0.15, 0.2) is 71.6 Å². The Labute approximate surface area is 158 Å². The second kappa shape index (κ2) is 8.77. The van der Waals surface area contributed by atoms with Crippen molar-refractivity contribution in [3.63, 3.8) is 0 Å². The summed E-state index contributed by atoms with van der Waals surface area (Å²) in [4.78, 5) is 13.4. The summed E-state index contributed by atoms with van der Waals surface area (Å²) in [6.07, 6.45) is 0. The van der Waals surface area contributed by atoms with Crippen molar-refractivity contribution in [1.29, 1.82) is 0 Å². The van der Waals surface area contributed by atoms with Gasteiger partial charge in [-0.3, -0.25) is 4.79 Å². The van der Waals surface area contributed by atoms with E-state index in [0.717, 1.165) is 21.4 Å². The topological polar surface area (TPSA) is 38.3 Å². The molecule has 3 aromatic carbocycles. The van der Waals surface area contributed by atoms with Crippen molar-refractivity contribution >= 4 is 28.4 Å². The summed E-state index contributed by atoms with van der Waals surface area (Å²) in [6.45, 7) is 4.91. The number of carbonyl (C=O) groups is 1. The molecule has 0 aromatic heterocycles. The van der Waals surface area contributed by atoms with Crippen molar-refractivity contribution in [2.24, 2.45) is 0 Å². The van der Waals surface area contributed by atoms with E-state index in [9.17, 15) is 4.79 Å². The lowest BCUT2D eigenvalue weighted by atomic mass is 10.1. The molecular weight excluding hydrogens is 342 g/mol. The Morgan fingerprint density at radius 2 is 1.77 bits per heavy atom. The lowest BCUT2D eigenvalue weighted by molar-refractivity contribution is -0.120. The van der Waals surface area contributed by atoms with Crippen molar-refractivity contribution in [3.05, 3.63) is 72.3 Å². The molecular formula is C22H23NO2S. The number of thioether (sulfide) groups is 1. The maximum Gasteiger partial charge on any atom is 0.233 e. The van der Waals surface area contributed by atoms with Crippen LogP contribution in [0.1, 0.15) is 12.5 Å². The largest absolute Gasteiger partial charge is 0.491 e. The van der Waals surface area contributed by atoms with E-state index in [1.807, 2.05) is 49.4 Å². The summed E-state index contributed by atoms with van der Waals surface area (Å²) in [6, 6.07) is 22.3. The van der Waals surface area contributed by atoms with Gasteiger partial charge in [0.1, 0.15) is 12.4 Å². The fourth-order valence-corrected chi connectivity index (χ4v) is 3.57. The minimum absolute atomic E-state index is 0.0251. The molecule has 4 heteroatoms. The molecule has 0 unspecified atom stereocenters. The molecule has 3 nitrogen and oxygen atoms in total. The molecule has 0 aliphatic rings. The van der Waals surface area contributed by atoms with E-state index < -0.39 is 0 Å². The molecule has 0 heterocycles. The number of aryl methyl sites for hydroxylation is 1. The summed E-state index contributed by atoms with van der Waals surface area (Å²) >= 11 is 1.56. The first-order valence-corrected chi connectivity index (χ1v) is 9.63. The number of ether oxygens (including phenoxy) is 1. The maximum atomic E-state index is 12.3. The van der Waals surface area contributed by atoms with Gasteiger partial charge < -0.3 is 10.1 Å². The van der Waals surface area contributed by atoms with E-state index in [1.165, 1.54) is 5.56 Å². The summed E-state index contributed by atoms with van der Waals surface area (Å²) in [5, 5.41) is 5.04. The number of nitrogens with one attached hydrogen (secondary N) is 1. The number of amides is 1. The van der Waals surface area contributed by atoms with Gasteiger partial charge in [0.15, 0.2) is 0 Å². The molecule has 134 valence electrons. The first kappa shape index (κ1) is 18.3. The molecule has 0 radical (unpaired) electrons. The molecule has 0 aliphatic carbocycles. The number of benzene rings is 3. The minimum Gasteiger partial charge on any atom is -0.491 e. The smallest absolute Gasteiger partial charge is 0.233 e. The van der Waals surface area contributed by atoms with Gasteiger partial charge in [-0.05, 0) is 37.4 Å². The highest BCUT2D eigenvalue weighted by Crippen LogP contribution is 2.25. The van der Waals surface area contributed by atoms with Gasteiger partial charge >= 0.3 is 0 Å². The van der Waals surface area contributed by atoms with Crippen molar-refractivity contribution < 1.29 is 9.53 Å². The number of hydrogen-bond donors (Lipinski definition) is 1. The molecule has 0 spiro atoms. The Morgan fingerprint density at radius 3 is 2.58 bits per heavy atom. The van der Waals surface area contributed by atoms with Gasteiger partial charge in [-0.25, -0.2) is 0 Å². The lowest BCUT2D eigenvalue weighted by Gasteiger charge is -2.13. The maximum absolute atomic E-state index is 12.3. The molecule has 26 heavy (non-hydrogen) atoms. The van der Waals surface area contributed by atoms with Crippen LogP contribution < -0.4 is 10.1 Å². The lowest BCUT2D eigenvalue weighted by Crippen LogP contribution is -2.33. The predicted molar refractivity (Wildman–Crippen MR) is 109 cm³/mol. The molecule has 0 saturated carbocycles. The zero-order chi connectivity index (χ0) is 18.4. The van der Waals surface area contributed by atoms with Crippen LogP contribution in [0.5, 0.6) is 5.75 Å². The third kappa shape index (κ3) is 4.79. The molecule has 1 amide bonds. The summed E-state index contributed by atoms with van der Waals surface area (Å²) < 4.78 is 5.86. The second-order valence-corrected chi connectivity index (χ2v) is 7.60. The van der Waals surface area contributed by atoms with Gasteiger partial charge in [0, 0.05) is 10.3 Å². The van der Waals surface area contributed by atoms with Gasteiger partial charge in [-0.2, -0.15) is 0 Å². The zero-order valence-electron chi connectivity index (χ0n) is 15.1. The van der Waals surface area contributed by atoms with Gasteiger partial charge in [-0.1, -0.05) is 54.1 Å². The van der Waals surface area contributed by atoms with E-state index in [2.05, 4.69) is 36.5 Å². The van der Waals surface area contributed by atoms with Gasteiger partial charge in [0.2, 0.25) is 5.91 Å². The number of carbonyl (C=O) groups excluding carboxylic acids is 1. The Morgan fingerprint density at radius 1 is 1.04 bits per heavy atom. The van der Waals surface area contributed by atoms with Gasteiger partial charge in [0.05, 0.1) is 11.8 Å².